The van der Waals surface area contributed by atoms with Crippen molar-refractivity contribution in [2.75, 3.05) is 0 Å². The first kappa shape index (κ1) is 13.7. The highest BCUT2D eigenvalue weighted by atomic mass is 32.2. The largest absolute Gasteiger partial charge is 0.335 e. The predicted octanol–water partition coefficient (Wildman–Crippen LogP) is 3.45. The van der Waals surface area contributed by atoms with Gasteiger partial charge in [-0.3, -0.25) is 0 Å². The van der Waals surface area contributed by atoms with E-state index in [0.29, 0.717) is 0 Å². The lowest BCUT2D eigenvalue weighted by molar-refractivity contribution is 0.687. The number of thioether (sulfide) groups is 1. The van der Waals surface area contributed by atoms with Crippen LogP contribution in [0, 0.1) is 0 Å². The number of nitrogens with zero attached hydrogens (tertiary/aromatic N) is 2. The molecule has 20 heavy (non-hydrogen) atoms. The fourth-order valence-corrected chi connectivity index (χ4v) is 3.16. The van der Waals surface area contributed by atoms with Crippen LogP contribution in [-0.2, 0) is 18.8 Å². The standard InChI is InChI=1S/C16H21N3S/c1-2-19-9-8-17-16(19)12-20-15-5-3-4-13(10-15)11-18-14-6-7-14/h3-5,8-10,14,18H,2,6-7,11-12H2,1H3. The second kappa shape index (κ2) is 6.46. The minimum absolute atomic E-state index is 0.767. The van der Waals surface area contributed by atoms with Crippen LogP contribution in [0.15, 0.2) is 41.6 Å². The molecule has 0 amide bonds. The second-order valence-electron chi connectivity index (χ2n) is 5.22. The van der Waals surface area contributed by atoms with Gasteiger partial charge < -0.3 is 9.88 Å². The molecule has 1 heterocycles. The van der Waals surface area contributed by atoms with Gasteiger partial charge in [-0.25, -0.2) is 4.98 Å². The zero-order chi connectivity index (χ0) is 13.8. The molecule has 0 radical (unpaired) electrons. The van der Waals surface area contributed by atoms with Crippen LogP contribution in [0.1, 0.15) is 31.2 Å². The molecule has 4 heteroatoms. The van der Waals surface area contributed by atoms with Crippen LogP contribution < -0.4 is 5.32 Å². The van der Waals surface area contributed by atoms with Gasteiger partial charge >= 0.3 is 0 Å². The minimum atomic E-state index is 0.767. The van der Waals surface area contributed by atoms with Crippen LogP contribution in [0.5, 0.6) is 0 Å². The molecule has 0 aliphatic heterocycles. The van der Waals surface area contributed by atoms with Crippen LogP contribution in [0.2, 0.25) is 0 Å². The van der Waals surface area contributed by atoms with Crippen molar-refractivity contribution >= 4 is 11.8 Å². The Hall–Kier alpha value is -1.26. The average molecular weight is 287 g/mol. The van der Waals surface area contributed by atoms with E-state index in [1.165, 1.54) is 23.3 Å². The third-order valence-corrected chi connectivity index (χ3v) is 4.57. The van der Waals surface area contributed by atoms with Gasteiger partial charge in [-0.2, -0.15) is 0 Å². The highest BCUT2D eigenvalue weighted by Crippen LogP contribution is 2.24. The minimum Gasteiger partial charge on any atom is -0.335 e. The molecule has 1 saturated carbocycles. The van der Waals surface area contributed by atoms with Gasteiger partial charge in [0.1, 0.15) is 5.82 Å². The molecule has 0 unspecified atom stereocenters. The van der Waals surface area contributed by atoms with Crippen molar-refractivity contribution in [1.29, 1.82) is 0 Å². The van der Waals surface area contributed by atoms with E-state index in [-0.39, 0.29) is 0 Å². The molecular weight excluding hydrogens is 266 g/mol. The van der Waals surface area contributed by atoms with Crippen molar-refractivity contribution in [1.82, 2.24) is 14.9 Å². The number of aromatic nitrogens is 2. The van der Waals surface area contributed by atoms with Gasteiger partial charge in [0, 0.05) is 36.4 Å². The summed E-state index contributed by atoms with van der Waals surface area (Å²) in [5, 5.41) is 3.56. The Labute approximate surface area is 124 Å². The van der Waals surface area contributed by atoms with E-state index in [4.69, 9.17) is 0 Å². The van der Waals surface area contributed by atoms with Crippen LogP contribution in [0.3, 0.4) is 0 Å². The average Bonchev–Trinajstić information content (AvgIpc) is 3.20. The number of hydrogen-bond acceptors (Lipinski definition) is 3. The van der Waals surface area contributed by atoms with Crippen LogP contribution in [-0.4, -0.2) is 15.6 Å². The van der Waals surface area contributed by atoms with E-state index in [9.17, 15) is 0 Å². The van der Waals surface area contributed by atoms with Crippen molar-refractivity contribution in [3.63, 3.8) is 0 Å². The second-order valence-corrected chi connectivity index (χ2v) is 6.27. The van der Waals surface area contributed by atoms with E-state index in [0.717, 1.165) is 30.7 Å². The van der Waals surface area contributed by atoms with Gasteiger partial charge in [-0.15, -0.1) is 11.8 Å². The molecule has 1 aromatic heterocycles. The predicted molar refractivity (Wildman–Crippen MR) is 83.8 cm³/mol. The summed E-state index contributed by atoms with van der Waals surface area (Å²) in [4.78, 5) is 5.75. The summed E-state index contributed by atoms with van der Waals surface area (Å²) in [7, 11) is 0. The molecule has 0 bridgehead atoms. The third kappa shape index (κ3) is 3.64. The van der Waals surface area contributed by atoms with E-state index in [1.807, 2.05) is 24.2 Å². The summed E-state index contributed by atoms with van der Waals surface area (Å²) in [6.07, 6.45) is 6.61. The lowest BCUT2D eigenvalue weighted by Crippen LogP contribution is -2.15. The fraction of sp³-hybridized carbons (Fsp3) is 0.438. The Morgan fingerprint density at radius 3 is 3.10 bits per heavy atom. The normalized spacial score (nSPS) is 14.7. The van der Waals surface area contributed by atoms with Gasteiger partial charge in [0.15, 0.2) is 0 Å². The molecule has 1 aliphatic carbocycles. The van der Waals surface area contributed by atoms with Crippen molar-refractivity contribution in [3.8, 4) is 0 Å². The van der Waals surface area contributed by atoms with Crippen molar-refractivity contribution < 1.29 is 0 Å². The van der Waals surface area contributed by atoms with Crippen molar-refractivity contribution in [3.05, 3.63) is 48.0 Å². The monoisotopic (exact) mass is 287 g/mol. The maximum Gasteiger partial charge on any atom is 0.119 e. The van der Waals surface area contributed by atoms with Crippen LogP contribution in [0.4, 0.5) is 0 Å². The zero-order valence-corrected chi connectivity index (χ0v) is 12.7. The summed E-state index contributed by atoms with van der Waals surface area (Å²) in [6, 6.07) is 9.60. The summed E-state index contributed by atoms with van der Waals surface area (Å²) in [6.45, 7) is 4.13. The first-order valence-electron chi connectivity index (χ1n) is 7.30. The van der Waals surface area contributed by atoms with E-state index < -0.39 is 0 Å². The molecule has 3 rings (SSSR count). The Balaban J connectivity index is 1.57. The quantitative estimate of drug-likeness (QED) is 0.791. The molecule has 1 N–H and O–H groups in total. The molecule has 106 valence electrons. The van der Waals surface area contributed by atoms with E-state index in [2.05, 4.69) is 46.1 Å². The molecular formula is C16H21N3S. The molecule has 3 nitrogen and oxygen atoms in total. The number of benzene rings is 1. The number of imidazole rings is 1. The maximum absolute atomic E-state index is 4.42. The van der Waals surface area contributed by atoms with Crippen LogP contribution >= 0.6 is 11.8 Å². The smallest absolute Gasteiger partial charge is 0.119 e. The molecule has 1 aromatic carbocycles. The SMILES string of the molecule is CCn1ccnc1CSc1cccc(CNC2CC2)c1. The molecule has 1 aliphatic rings. The molecule has 0 spiro atoms. The zero-order valence-electron chi connectivity index (χ0n) is 11.9. The number of hydrogen-bond donors (Lipinski definition) is 1. The highest BCUT2D eigenvalue weighted by molar-refractivity contribution is 7.98. The Morgan fingerprint density at radius 2 is 2.30 bits per heavy atom. The first-order valence-corrected chi connectivity index (χ1v) is 8.29. The lowest BCUT2D eigenvalue weighted by atomic mass is 10.2. The van der Waals surface area contributed by atoms with Crippen LogP contribution in [0.25, 0.3) is 0 Å². The summed E-state index contributed by atoms with van der Waals surface area (Å²) in [5.41, 5.74) is 1.38. The third-order valence-electron chi connectivity index (χ3n) is 3.58. The maximum atomic E-state index is 4.42. The Morgan fingerprint density at radius 1 is 1.40 bits per heavy atom. The van der Waals surface area contributed by atoms with E-state index in [1.54, 1.807) is 0 Å². The summed E-state index contributed by atoms with van der Waals surface area (Å²) >= 11 is 1.86. The molecule has 0 atom stereocenters. The van der Waals surface area contributed by atoms with Gasteiger partial charge in [0.05, 0.1) is 5.75 Å². The fourth-order valence-electron chi connectivity index (χ4n) is 2.21. The Kier molecular flexibility index (Phi) is 4.43. The molecule has 2 aromatic rings. The van der Waals surface area contributed by atoms with Gasteiger partial charge in [0.2, 0.25) is 0 Å². The topological polar surface area (TPSA) is 29.9 Å². The lowest BCUT2D eigenvalue weighted by Gasteiger charge is -2.07. The van der Waals surface area contributed by atoms with Gasteiger partial charge in [0.25, 0.3) is 0 Å². The number of nitrogens with one attached hydrogen (secondary N) is 1. The number of aryl methyl sites for hydroxylation is 1. The number of rotatable bonds is 7. The molecule has 1 fully saturated rings. The van der Waals surface area contributed by atoms with Crippen molar-refractivity contribution in [2.45, 2.75) is 49.5 Å². The van der Waals surface area contributed by atoms with Gasteiger partial charge in [-0.05, 0) is 37.5 Å². The highest BCUT2D eigenvalue weighted by Gasteiger charge is 2.19. The first-order chi connectivity index (χ1) is 9.85. The van der Waals surface area contributed by atoms with Crippen molar-refractivity contribution in [2.24, 2.45) is 0 Å². The summed E-state index contributed by atoms with van der Waals surface area (Å²) in [5.74, 6) is 2.08. The van der Waals surface area contributed by atoms with Gasteiger partial charge in [-0.1, -0.05) is 12.1 Å². The van der Waals surface area contributed by atoms with E-state index >= 15 is 0 Å². The Bertz CT molecular complexity index is 560. The summed E-state index contributed by atoms with van der Waals surface area (Å²) < 4.78 is 2.20. The molecule has 0 saturated heterocycles.